The third-order valence-corrected chi connectivity index (χ3v) is 3.94. The van der Waals surface area contributed by atoms with Crippen LogP contribution in [0.25, 0.3) is 0 Å². The summed E-state index contributed by atoms with van der Waals surface area (Å²) in [5, 5.41) is 0.202. The van der Waals surface area contributed by atoms with E-state index in [1.54, 1.807) is 12.1 Å². The molecule has 2 aromatic rings. The smallest absolute Gasteiger partial charge is 0.224 e. The largest absolute Gasteiger partial charge is 0.383 e. The standard InChI is InChI=1S/C15H15ClFN3/c16-15-19-12-6-2-4-10(13(12)14(18)20-15)7-9-3-1-5-11(17)8-9/h1,3,5,8,10H,2,4,6-7H2,(H2,18,19,20). The number of anilines is 1. The van der Waals surface area contributed by atoms with Gasteiger partial charge in [-0.25, -0.2) is 14.4 Å². The molecule has 3 rings (SSSR count). The van der Waals surface area contributed by atoms with E-state index in [-0.39, 0.29) is 17.0 Å². The summed E-state index contributed by atoms with van der Waals surface area (Å²) >= 11 is 5.86. The van der Waals surface area contributed by atoms with E-state index in [4.69, 9.17) is 17.3 Å². The molecule has 0 fully saturated rings. The van der Waals surface area contributed by atoms with Crippen LogP contribution in [-0.4, -0.2) is 9.97 Å². The molecule has 104 valence electrons. The van der Waals surface area contributed by atoms with E-state index in [9.17, 15) is 4.39 Å². The van der Waals surface area contributed by atoms with Gasteiger partial charge in [-0.3, -0.25) is 0 Å². The molecule has 0 aliphatic heterocycles. The van der Waals surface area contributed by atoms with Gasteiger partial charge in [0, 0.05) is 5.56 Å². The lowest BCUT2D eigenvalue weighted by Gasteiger charge is -2.25. The third-order valence-electron chi connectivity index (χ3n) is 3.77. The molecule has 0 bridgehead atoms. The minimum Gasteiger partial charge on any atom is -0.383 e. The summed E-state index contributed by atoms with van der Waals surface area (Å²) in [5.41, 5.74) is 8.91. The van der Waals surface area contributed by atoms with Gasteiger partial charge in [0.1, 0.15) is 11.6 Å². The highest BCUT2D eigenvalue weighted by molar-refractivity contribution is 6.28. The summed E-state index contributed by atoms with van der Waals surface area (Å²) in [7, 11) is 0. The predicted octanol–water partition coefficient (Wildman–Crippen LogP) is 3.51. The Morgan fingerprint density at radius 2 is 2.20 bits per heavy atom. The van der Waals surface area contributed by atoms with Crippen molar-refractivity contribution in [1.82, 2.24) is 9.97 Å². The van der Waals surface area contributed by atoms with Gasteiger partial charge < -0.3 is 5.73 Å². The maximum absolute atomic E-state index is 13.3. The molecule has 1 aromatic carbocycles. The van der Waals surface area contributed by atoms with Crippen LogP contribution in [0, 0.1) is 5.82 Å². The molecule has 1 aliphatic carbocycles. The summed E-state index contributed by atoms with van der Waals surface area (Å²) in [6.45, 7) is 0. The monoisotopic (exact) mass is 291 g/mol. The molecular formula is C15H15ClFN3. The first kappa shape index (κ1) is 13.3. The molecule has 3 nitrogen and oxygen atoms in total. The second kappa shape index (κ2) is 5.37. The van der Waals surface area contributed by atoms with Crippen molar-refractivity contribution in [1.29, 1.82) is 0 Å². The van der Waals surface area contributed by atoms with E-state index in [0.29, 0.717) is 5.82 Å². The van der Waals surface area contributed by atoms with Crippen molar-refractivity contribution >= 4 is 17.4 Å². The van der Waals surface area contributed by atoms with E-state index in [1.807, 2.05) is 6.07 Å². The van der Waals surface area contributed by atoms with Gasteiger partial charge in [-0.2, -0.15) is 0 Å². The average molecular weight is 292 g/mol. The predicted molar refractivity (Wildman–Crippen MR) is 77.2 cm³/mol. The number of aromatic nitrogens is 2. The third kappa shape index (κ3) is 2.61. The van der Waals surface area contributed by atoms with Crippen molar-refractivity contribution in [3.63, 3.8) is 0 Å². The van der Waals surface area contributed by atoms with Crippen LogP contribution in [0.3, 0.4) is 0 Å². The molecule has 1 heterocycles. The van der Waals surface area contributed by atoms with Crippen LogP contribution in [0.2, 0.25) is 5.28 Å². The van der Waals surface area contributed by atoms with Crippen molar-refractivity contribution in [2.24, 2.45) is 0 Å². The molecule has 2 N–H and O–H groups in total. The van der Waals surface area contributed by atoms with E-state index in [0.717, 1.165) is 42.5 Å². The van der Waals surface area contributed by atoms with Gasteiger partial charge in [-0.15, -0.1) is 0 Å². The van der Waals surface area contributed by atoms with Crippen LogP contribution >= 0.6 is 11.6 Å². The number of nitrogens with zero attached hydrogens (tertiary/aromatic N) is 2. The SMILES string of the molecule is Nc1nc(Cl)nc2c1C(Cc1cccc(F)c1)CCC2. The van der Waals surface area contributed by atoms with Crippen molar-refractivity contribution in [3.05, 3.63) is 52.2 Å². The number of nitrogens with two attached hydrogens (primary N) is 1. The fourth-order valence-corrected chi connectivity index (χ4v) is 3.15. The van der Waals surface area contributed by atoms with E-state index in [2.05, 4.69) is 9.97 Å². The second-order valence-electron chi connectivity index (χ2n) is 5.16. The second-order valence-corrected chi connectivity index (χ2v) is 5.50. The molecular weight excluding hydrogens is 277 g/mol. The Bertz CT molecular complexity index is 645. The highest BCUT2D eigenvalue weighted by Gasteiger charge is 2.25. The van der Waals surface area contributed by atoms with Gasteiger partial charge in [0.25, 0.3) is 0 Å². The number of halogens is 2. The Hall–Kier alpha value is -1.68. The lowest BCUT2D eigenvalue weighted by molar-refractivity contribution is 0.538. The minimum atomic E-state index is -0.209. The Kier molecular flexibility index (Phi) is 3.57. The van der Waals surface area contributed by atoms with Crippen molar-refractivity contribution in [2.75, 3.05) is 5.73 Å². The van der Waals surface area contributed by atoms with Gasteiger partial charge in [-0.1, -0.05) is 12.1 Å². The molecule has 0 radical (unpaired) electrons. The van der Waals surface area contributed by atoms with Crippen LogP contribution in [-0.2, 0) is 12.8 Å². The summed E-state index contributed by atoms with van der Waals surface area (Å²) in [5.74, 6) is 0.484. The van der Waals surface area contributed by atoms with Gasteiger partial charge in [-0.05, 0) is 60.9 Å². The molecule has 1 aromatic heterocycles. The van der Waals surface area contributed by atoms with E-state index < -0.39 is 0 Å². The van der Waals surface area contributed by atoms with Crippen LogP contribution in [0.1, 0.15) is 35.6 Å². The van der Waals surface area contributed by atoms with Gasteiger partial charge in [0.2, 0.25) is 5.28 Å². The van der Waals surface area contributed by atoms with Crippen LogP contribution in [0.4, 0.5) is 10.2 Å². The maximum Gasteiger partial charge on any atom is 0.224 e. The van der Waals surface area contributed by atoms with Crippen molar-refractivity contribution in [3.8, 4) is 0 Å². The molecule has 5 heteroatoms. The molecule has 0 saturated heterocycles. The Balaban J connectivity index is 1.94. The first-order valence-electron chi connectivity index (χ1n) is 6.69. The summed E-state index contributed by atoms with van der Waals surface area (Å²) in [6, 6.07) is 6.69. The summed E-state index contributed by atoms with van der Waals surface area (Å²) in [4.78, 5) is 8.34. The molecule has 1 atom stereocenters. The van der Waals surface area contributed by atoms with Gasteiger partial charge in [0.05, 0.1) is 5.69 Å². The molecule has 0 saturated carbocycles. The Morgan fingerprint density at radius 1 is 1.35 bits per heavy atom. The number of benzene rings is 1. The number of hydrogen-bond donors (Lipinski definition) is 1. The van der Waals surface area contributed by atoms with Crippen molar-refractivity contribution < 1.29 is 4.39 Å². The Morgan fingerprint density at radius 3 is 3.00 bits per heavy atom. The molecule has 1 aliphatic rings. The van der Waals surface area contributed by atoms with E-state index >= 15 is 0 Å². The summed E-state index contributed by atoms with van der Waals surface area (Å²) in [6.07, 6.45) is 3.68. The fourth-order valence-electron chi connectivity index (χ4n) is 2.95. The zero-order valence-electron chi connectivity index (χ0n) is 10.9. The van der Waals surface area contributed by atoms with Gasteiger partial charge in [0.15, 0.2) is 0 Å². The van der Waals surface area contributed by atoms with Gasteiger partial charge >= 0.3 is 0 Å². The number of nitrogen functional groups attached to an aromatic ring is 1. The molecule has 0 amide bonds. The summed E-state index contributed by atoms with van der Waals surface area (Å²) < 4.78 is 13.3. The topological polar surface area (TPSA) is 51.8 Å². The number of rotatable bonds is 2. The molecule has 20 heavy (non-hydrogen) atoms. The van der Waals surface area contributed by atoms with Crippen LogP contribution in [0.5, 0.6) is 0 Å². The minimum absolute atomic E-state index is 0.202. The quantitative estimate of drug-likeness (QED) is 0.862. The molecule has 1 unspecified atom stereocenters. The zero-order valence-corrected chi connectivity index (χ0v) is 11.7. The lowest BCUT2D eigenvalue weighted by atomic mass is 9.82. The van der Waals surface area contributed by atoms with E-state index in [1.165, 1.54) is 6.07 Å². The number of hydrogen-bond acceptors (Lipinski definition) is 3. The van der Waals surface area contributed by atoms with Crippen LogP contribution in [0.15, 0.2) is 24.3 Å². The lowest BCUT2D eigenvalue weighted by Crippen LogP contribution is -2.17. The first-order valence-corrected chi connectivity index (χ1v) is 7.07. The Labute approximate surface area is 122 Å². The highest BCUT2D eigenvalue weighted by atomic mass is 35.5. The maximum atomic E-state index is 13.3. The fraction of sp³-hybridized carbons (Fsp3) is 0.333. The van der Waals surface area contributed by atoms with Crippen molar-refractivity contribution in [2.45, 2.75) is 31.6 Å². The number of fused-ring (bicyclic) bond motifs is 1. The highest BCUT2D eigenvalue weighted by Crippen LogP contribution is 2.36. The number of aryl methyl sites for hydroxylation is 1. The molecule has 0 spiro atoms. The average Bonchev–Trinajstić information content (AvgIpc) is 2.38. The first-order chi connectivity index (χ1) is 9.63. The van der Waals surface area contributed by atoms with Crippen LogP contribution < -0.4 is 5.73 Å². The normalized spacial score (nSPS) is 17.8. The zero-order chi connectivity index (χ0) is 14.1.